The second kappa shape index (κ2) is 8.12. The minimum Gasteiger partial charge on any atom is -0.487 e. The molecule has 23 heavy (non-hydrogen) atoms. The van der Waals surface area contributed by atoms with E-state index in [0.29, 0.717) is 29.6 Å². The van der Waals surface area contributed by atoms with Crippen LogP contribution in [0.5, 0.6) is 11.8 Å². The number of carboxylic acid groups (broad SMARTS) is 1. The molecule has 0 fully saturated rings. The Morgan fingerprint density at radius 3 is 2.78 bits per heavy atom. The zero-order chi connectivity index (χ0) is 16.7. The number of rotatable bonds is 8. The first kappa shape index (κ1) is 16.7. The van der Waals surface area contributed by atoms with Crippen LogP contribution in [0.25, 0.3) is 0 Å². The Balaban J connectivity index is 2.08. The van der Waals surface area contributed by atoms with Crippen molar-refractivity contribution in [2.75, 3.05) is 6.61 Å². The molecule has 0 saturated carbocycles. The summed E-state index contributed by atoms with van der Waals surface area (Å²) in [5, 5.41) is 9.17. The number of nitrogens with zero attached hydrogens (tertiary/aromatic N) is 2. The van der Waals surface area contributed by atoms with Crippen LogP contribution in [-0.2, 0) is 11.4 Å². The van der Waals surface area contributed by atoms with Crippen LogP contribution in [0.15, 0.2) is 36.5 Å². The van der Waals surface area contributed by atoms with E-state index in [4.69, 9.17) is 9.47 Å². The lowest BCUT2D eigenvalue weighted by molar-refractivity contribution is -0.138. The lowest BCUT2D eigenvalue weighted by Gasteiger charge is -2.14. The van der Waals surface area contributed by atoms with Crippen molar-refractivity contribution in [3.63, 3.8) is 0 Å². The molecule has 0 aliphatic carbocycles. The predicted molar refractivity (Wildman–Crippen MR) is 84.6 cm³/mol. The molecular weight excluding hydrogens is 296 g/mol. The van der Waals surface area contributed by atoms with Crippen molar-refractivity contribution >= 4 is 5.97 Å². The minimum absolute atomic E-state index is 0.217. The number of aromatic nitrogens is 2. The van der Waals surface area contributed by atoms with E-state index in [-0.39, 0.29) is 6.61 Å². The fourth-order valence-corrected chi connectivity index (χ4v) is 1.97. The predicted octanol–water partition coefficient (Wildman–Crippen LogP) is 3.03. The summed E-state index contributed by atoms with van der Waals surface area (Å²) in [6, 6.07) is 9.17. The Morgan fingerprint density at radius 1 is 1.26 bits per heavy atom. The molecule has 1 aromatic carbocycles. The van der Waals surface area contributed by atoms with Crippen molar-refractivity contribution in [2.45, 2.75) is 32.8 Å². The lowest BCUT2D eigenvalue weighted by Crippen LogP contribution is -2.10. The van der Waals surface area contributed by atoms with E-state index in [1.165, 1.54) is 0 Å². The van der Waals surface area contributed by atoms with E-state index in [1.807, 2.05) is 13.0 Å². The van der Waals surface area contributed by atoms with Gasteiger partial charge in [0.15, 0.2) is 0 Å². The summed E-state index contributed by atoms with van der Waals surface area (Å²) < 4.78 is 11.1. The number of carbonyl (C=O) groups is 1. The molecule has 0 aliphatic heterocycles. The normalized spacial score (nSPS) is 11.7. The highest BCUT2D eigenvalue weighted by Crippen LogP contribution is 2.27. The average Bonchev–Trinajstić information content (AvgIpc) is 2.58. The molecule has 1 heterocycles. The van der Waals surface area contributed by atoms with Gasteiger partial charge in [-0.05, 0) is 25.5 Å². The number of hydrogen-bond acceptors (Lipinski definition) is 5. The third-order valence-electron chi connectivity index (χ3n) is 3.26. The van der Waals surface area contributed by atoms with E-state index in [9.17, 15) is 9.90 Å². The van der Waals surface area contributed by atoms with Crippen LogP contribution in [0, 0.1) is 0 Å². The Bertz CT molecular complexity index is 661. The highest BCUT2D eigenvalue weighted by molar-refractivity contribution is 5.76. The van der Waals surface area contributed by atoms with Gasteiger partial charge in [0, 0.05) is 11.8 Å². The zero-order valence-electron chi connectivity index (χ0n) is 13.2. The van der Waals surface area contributed by atoms with Gasteiger partial charge in [-0.15, -0.1) is 0 Å². The average molecular weight is 316 g/mol. The van der Waals surface area contributed by atoms with Crippen LogP contribution < -0.4 is 9.47 Å². The van der Waals surface area contributed by atoms with Crippen LogP contribution in [-0.4, -0.2) is 27.7 Å². The molecule has 1 N–H and O–H groups in total. The maximum atomic E-state index is 11.2. The highest BCUT2D eigenvalue weighted by Gasteiger charge is 2.18. The quantitative estimate of drug-likeness (QED) is 0.806. The second-order valence-electron chi connectivity index (χ2n) is 5.07. The first-order chi connectivity index (χ1) is 11.1. The van der Waals surface area contributed by atoms with Crippen molar-refractivity contribution < 1.29 is 19.4 Å². The maximum Gasteiger partial charge on any atom is 0.316 e. The Labute approximate surface area is 135 Å². The Hall–Kier alpha value is -2.63. The third-order valence-corrected chi connectivity index (χ3v) is 3.26. The molecule has 2 aromatic rings. The molecule has 0 spiro atoms. The molecular formula is C17H20N2O4. The number of para-hydroxylation sites is 1. The molecule has 6 nitrogen and oxygen atoms in total. The standard InChI is InChI=1S/C17H20N2O4/c1-3-10-22-17-18-9-8-13(19-17)11-23-15-7-5-4-6-14(15)12(2)16(20)21/h4-9,12H,3,10-11H2,1-2H3,(H,20,21). The summed E-state index contributed by atoms with van der Waals surface area (Å²) in [7, 11) is 0. The van der Waals surface area contributed by atoms with Crippen molar-refractivity contribution in [2.24, 2.45) is 0 Å². The maximum absolute atomic E-state index is 11.2. The van der Waals surface area contributed by atoms with Crippen molar-refractivity contribution in [3.8, 4) is 11.8 Å². The van der Waals surface area contributed by atoms with Gasteiger partial charge in [0.05, 0.1) is 18.2 Å². The second-order valence-corrected chi connectivity index (χ2v) is 5.07. The molecule has 1 atom stereocenters. The van der Waals surface area contributed by atoms with Gasteiger partial charge in [-0.2, -0.15) is 4.98 Å². The van der Waals surface area contributed by atoms with E-state index >= 15 is 0 Å². The molecule has 0 saturated heterocycles. The van der Waals surface area contributed by atoms with Gasteiger partial charge in [0.25, 0.3) is 0 Å². The van der Waals surface area contributed by atoms with Gasteiger partial charge in [-0.1, -0.05) is 25.1 Å². The first-order valence-electron chi connectivity index (χ1n) is 7.51. The van der Waals surface area contributed by atoms with Crippen molar-refractivity contribution in [3.05, 3.63) is 47.8 Å². The molecule has 0 bridgehead atoms. The van der Waals surface area contributed by atoms with E-state index in [1.54, 1.807) is 37.4 Å². The fourth-order valence-electron chi connectivity index (χ4n) is 1.97. The van der Waals surface area contributed by atoms with Crippen LogP contribution in [0.1, 0.15) is 37.4 Å². The Kier molecular flexibility index (Phi) is 5.91. The SMILES string of the molecule is CCCOc1nccc(COc2ccccc2C(C)C(=O)O)n1. The molecule has 1 unspecified atom stereocenters. The topological polar surface area (TPSA) is 81.5 Å². The lowest BCUT2D eigenvalue weighted by atomic mass is 10.0. The molecule has 122 valence electrons. The molecule has 0 amide bonds. The molecule has 0 aliphatic rings. The number of carboxylic acids is 1. The molecule has 1 aromatic heterocycles. The number of ether oxygens (including phenoxy) is 2. The third kappa shape index (κ3) is 4.67. The molecule has 6 heteroatoms. The van der Waals surface area contributed by atoms with Crippen LogP contribution in [0.4, 0.5) is 0 Å². The summed E-state index contributed by atoms with van der Waals surface area (Å²) in [5.74, 6) is -0.990. The summed E-state index contributed by atoms with van der Waals surface area (Å²) >= 11 is 0. The van der Waals surface area contributed by atoms with Crippen molar-refractivity contribution in [1.29, 1.82) is 0 Å². The summed E-state index contributed by atoms with van der Waals surface area (Å²) in [6.45, 7) is 4.41. The van der Waals surface area contributed by atoms with Gasteiger partial charge in [-0.25, -0.2) is 4.98 Å². The van der Waals surface area contributed by atoms with Gasteiger partial charge in [0.1, 0.15) is 12.4 Å². The van der Waals surface area contributed by atoms with Gasteiger partial charge in [-0.3, -0.25) is 4.79 Å². The molecule has 0 radical (unpaired) electrons. The van der Waals surface area contributed by atoms with E-state index < -0.39 is 11.9 Å². The van der Waals surface area contributed by atoms with Crippen LogP contribution in [0.3, 0.4) is 0 Å². The van der Waals surface area contributed by atoms with E-state index in [2.05, 4.69) is 9.97 Å². The number of benzene rings is 1. The summed E-state index contributed by atoms with van der Waals surface area (Å²) in [4.78, 5) is 19.5. The van der Waals surface area contributed by atoms with Gasteiger partial charge in [0.2, 0.25) is 0 Å². The van der Waals surface area contributed by atoms with Gasteiger partial charge >= 0.3 is 12.0 Å². The number of aliphatic carboxylic acids is 1. The first-order valence-corrected chi connectivity index (χ1v) is 7.51. The smallest absolute Gasteiger partial charge is 0.316 e. The fraction of sp³-hybridized carbons (Fsp3) is 0.353. The largest absolute Gasteiger partial charge is 0.487 e. The van der Waals surface area contributed by atoms with E-state index in [0.717, 1.165) is 6.42 Å². The number of hydrogen-bond donors (Lipinski definition) is 1. The minimum atomic E-state index is -0.890. The van der Waals surface area contributed by atoms with Crippen LogP contribution >= 0.6 is 0 Å². The summed E-state index contributed by atoms with van der Waals surface area (Å²) in [5.41, 5.74) is 1.31. The molecule has 2 rings (SSSR count). The Morgan fingerprint density at radius 2 is 2.04 bits per heavy atom. The van der Waals surface area contributed by atoms with Crippen LogP contribution in [0.2, 0.25) is 0 Å². The summed E-state index contributed by atoms with van der Waals surface area (Å²) in [6.07, 6.45) is 2.49. The monoisotopic (exact) mass is 316 g/mol. The zero-order valence-corrected chi connectivity index (χ0v) is 13.2. The van der Waals surface area contributed by atoms with Crippen molar-refractivity contribution in [1.82, 2.24) is 9.97 Å². The highest BCUT2D eigenvalue weighted by atomic mass is 16.5. The van der Waals surface area contributed by atoms with Gasteiger partial charge < -0.3 is 14.6 Å².